The van der Waals surface area contributed by atoms with Gasteiger partial charge < -0.3 is 10.0 Å². The lowest BCUT2D eigenvalue weighted by atomic mass is 9.85. The zero-order valence-electron chi connectivity index (χ0n) is 12.0. The van der Waals surface area contributed by atoms with Crippen molar-refractivity contribution in [2.45, 2.75) is 39.7 Å². The van der Waals surface area contributed by atoms with Crippen molar-refractivity contribution in [3.63, 3.8) is 0 Å². The molecule has 1 N–H and O–H groups in total. The molecule has 0 saturated carbocycles. The number of nitrogens with zero attached hydrogens (tertiary/aromatic N) is 3. The van der Waals surface area contributed by atoms with E-state index in [0.717, 1.165) is 19.0 Å². The Hall–Kier alpha value is -1.98. The Morgan fingerprint density at radius 1 is 1.25 bits per heavy atom. The molecule has 0 radical (unpaired) electrons. The van der Waals surface area contributed by atoms with Gasteiger partial charge >= 0.3 is 5.97 Å². The van der Waals surface area contributed by atoms with E-state index in [1.165, 1.54) is 6.20 Å². The minimum atomic E-state index is -1.15. The van der Waals surface area contributed by atoms with Crippen molar-refractivity contribution in [1.29, 1.82) is 0 Å². The summed E-state index contributed by atoms with van der Waals surface area (Å²) in [6.45, 7) is 7.05. The van der Waals surface area contributed by atoms with Crippen LogP contribution in [0.1, 0.15) is 54.6 Å². The summed E-state index contributed by atoms with van der Waals surface area (Å²) in [5.41, 5.74) is 0.0575. The average Bonchev–Trinajstić information content (AvgIpc) is 2.87. The zero-order valence-corrected chi connectivity index (χ0v) is 12.0. The minimum Gasteiger partial charge on any atom is -0.476 e. The van der Waals surface area contributed by atoms with E-state index in [9.17, 15) is 9.59 Å². The number of carbonyl (C=O) groups excluding carboxylic acids is 1. The molecule has 1 aromatic rings. The highest BCUT2D eigenvalue weighted by atomic mass is 16.4. The Bertz CT molecular complexity index is 519. The van der Waals surface area contributed by atoms with E-state index in [4.69, 9.17) is 5.11 Å². The molecular weight excluding hydrogens is 258 g/mol. The van der Waals surface area contributed by atoms with Crippen molar-refractivity contribution >= 4 is 11.9 Å². The van der Waals surface area contributed by atoms with Gasteiger partial charge in [-0.25, -0.2) is 14.8 Å². The van der Waals surface area contributed by atoms with E-state index in [1.54, 1.807) is 0 Å². The van der Waals surface area contributed by atoms with E-state index >= 15 is 0 Å². The summed E-state index contributed by atoms with van der Waals surface area (Å²) in [6.07, 6.45) is 4.33. The smallest absolute Gasteiger partial charge is 0.356 e. The molecule has 2 heterocycles. The van der Waals surface area contributed by atoms with Gasteiger partial charge in [0.15, 0.2) is 5.69 Å². The third-order valence-corrected chi connectivity index (χ3v) is 3.60. The van der Waals surface area contributed by atoms with Gasteiger partial charge in [0.2, 0.25) is 0 Å². The number of amides is 1. The molecule has 1 saturated heterocycles. The Balaban J connectivity index is 2.20. The number of aromatic carboxylic acids is 1. The minimum absolute atomic E-state index is 0.0145. The van der Waals surface area contributed by atoms with Gasteiger partial charge in [-0.1, -0.05) is 20.8 Å². The number of carboxylic acids is 1. The second-order valence-electron chi connectivity index (χ2n) is 6.11. The van der Waals surface area contributed by atoms with Gasteiger partial charge in [0.25, 0.3) is 5.91 Å². The first kappa shape index (κ1) is 14.4. The van der Waals surface area contributed by atoms with Crippen molar-refractivity contribution in [2.24, 2.45) is 5.41 Å². The van der Waals surface area contributed by atoms with Gasteiger partial charge in [-0.3, -0.25) is 4.79 Å². The lowest BCUT2D eigenvalue weighted by Crippen LogP contribution is -2.43. The van der Waals surface area contributed by atoms with Crippen LogP contribution in [0.3, 0.4) is 0 Å². The monoisotopic (exact) mass is 277 g/mol. The fourth-order valence-electron chi connectivity index (χ4n) is 2.61. The van der Waals surface area contributed by atoms with Crippen LogP contribution in [0.15, 0.2) is 12.4 Å². The van der Waals surface area contributed by atoms with Crippen LogP contribution in [0.5, 0.6) is 0 Å². The van der Waals surface area contributed by atoms with Crippen molar-refractivity contribution in [3.05, 3.63) is 23.8 Å². The van der Waals surface area contributed by atoms with Gasteiger partial charge in [0.05, 0.1) is 12.4 Å². The molecule has 2 rings (SSSR count). The Morgan fingerprint density at radius 2 is 1.85 bits per heavy atom. The van der Waals surface area contributed by atoms with Gasteiger partial charge in [-0.05, 0) is 18.3 Å². The molecule has 6 heteroatoms. The molecule has 6 nitrogen and oxygen atoms in total. The summed E-state index contributed by atoms with van der Waals surface area (Å²) in [5.74, 6) is -1.32. The Labute approximate surface area is 117 Å². The summed E-state index contributed by atoms with van der Waals surface area (Å²) >= 11 is 0. The van der Waals surface area contributed by atoms with Crippen LogP contribution in [0.4, 0.5) is 0 Å². The normalized spacial score (nSPS) is 19.1. The molecule has 1 aliphatic rings. The fraction of sp³-hybridized carbons (Fsp3) is 0.571. The third kappa shape index (κ3) is 2.79. The number of aromatic nitrogens is 2. The predicted molar refractivity (Wildman–Crippen MR) is 72.5 cm³/mol. The summed E-state index contributed by atoms with van der Waals surface area (Å²) in [4.78, 5) is 32.7. The van der Waals surface area contributed by atoms with Crippen molar-refractivity contribution in [2.75, 3.05) is 6.54 Å². The van der Waals surface area contributed by atoms with Crippen LogP contribution in [0, 0.1) is 5.41 Å². The summed E-state index contributed by atoms with van der Waals surface area (Å²) in [7, 11) is 0. The lowest BCUT2D eigenvalue weighted by molar-refractivity contribution is 0.0616. The van der Waals surface area contributed by atoms with Crippen molar-refractivity contribution in [1.82, 2.24) is 14.9 Å². The SMILES string of the molecule is CC(C)(C)C1CCCN1C(=O)c1cnc(C(=O)O)cn1. The Morgan fingerprint density at radius 3 is 2.35 bits per heavy atom. The molecule has 1 amide bonds. The summed E-state index contributed by atoms with van der Waals surface area (Å²) in [6, 6.07) is 0.177. The van der Waals surface area contributed by atoms with Crippen LogP contribution < -0.4 is 0 Å². The van der Waals surface area contributed by atoms with E-state index in [0.29, 0.717) is 6.54 Å². The first-order valence-corrected chi connectivity index (χ1v) is 6.67. The molecule has 0 aliphatic carbocycles. The fourth-order valence-corrected chi connectivity index (χ4v) is 2.61. The number of rotatable bonds is 2. The molecule has 108 valence electrons. The van der Waals surface area contributed by atoms with E-state index in [2.05, 4.69) is 30.7 Å². The van der Waals surface area contributed by atoms with Crippen molar-refractivity contribution in [3.8, 4) is 0 Å². The number of carboxylic acid groups (broad SMARTS) is 1. The summed E-state index contributed by atoms with van der Waals surface area (Å²) in [5, 5.41) is 8.78. The molecule has 1 aromatic heterocycles. The van der Waals surface area contributed by atoms with Gasteiger partial charge in [-0.2, -0.15) is 0 Å². The molecular formula is C14H19N3O3. The molecule has 0 bridgehead atoms. The van der Waals surface area contributed by atoms with Crippen molar-refractivity contribution < 1.29 is 14.7 Å². The van der Waals surface area contributed by atoms with E-state index in [1.807, 2.05) is 4.90 Å². The quantitative estimate of drug-likeness (QED) is 0.891. The highest BCUT2D eigenvalue weighted by Crippen LogP contribution is 2.33. The number of hydrogen-bond donors (Lipinski definition) is 1. The first-order valence-electron chi connectivity index (χ1n) is 6.67. The van der Waals surface area contributed by atoms with Crippen LogP contribution in [0.25, 0.3) is 0 Å². The topological polar surface area (TPSA) is 83.4 Å². The predicted octanol–water partition coefficient (Wildman–Crippen LogP) is 1.83. The van der Waals surface area contributed by atoms with Gasteiger partial charge in [-0.15, -0.1) is 0 Å². The number of carbonyl (C=O) groups is 2. The molecule has 1 fully saturated rings. The second-order valence-corrected chi connectivity index (χ2v) is 6.11. The van der Waals surface area contributed by atoms with E-state index < -0.39 is 5.97 Å². The molecule has 20 heavy (non-hydrogen) atoms. The molecule has 0 aromatic carbocycles. The maximum absolute atomic E-state index is 12.5. The maximum atomic E-state index is 12.5. The largest absolute Gasteiger partial charge is 0.476 e. The van der Waals surface area contributed by atoms with Crippen LogP contribution >= 0.6 is 0 Å². The van der Waals surface area contributed by atoms with Gasteiger partial charge in [0, 0.05) is 12.6 Å². The standard InChI is InChI=1S/C14H19N3O3/c1-14(2,3)11-5-4-6-17(11)12(18)9-7-16-10(8-15-9)13(19)20/h7-8,11H,4-6H2,1-3H3,(H,19,20). The van der Waals surface area contributed by atoms with Crippen LogP contribution in [0.2, 0.25) is 0 Å². The first-order chi connectivity index (χ1) is 9.30. The van der Waals surface area contributed by atoms with Crippen LogP contribution in [-0.2, 0) is 0 Å². The molecule has 0 spiro atoms. The van der Waals surface area contributed by atoms with E-state index in [-0.39, 0.29) is 28.8 Å². The molecule has 1 unspecified atom stereocenters. The van der Waals surface area contributed by atoms with Gasteiger partial charge in [0.1, 0.15) is 5.69 Å². The average molecular weight is 277 g/mol. The second kappa shape index (κ2) is 5.19. The molecule has 1 atom stereocenters. The maximum Gasteiger partial charge on any atom is 0.356 e. The lowest BCUT2D eigenvalue weighted by Gasteiger charge is -2.34. The summed E-state index contributed by atoms with van der Waals surface area (Å²) < 4.78 is 0. The molecule has 1 aliphatic heterocycles. The third-order valence-electron chi connectivity index (χ3n) is 3.60. The zero-order chi connectivity index (χ0) is 14.9. The number of likely N-dealkylation sites (tertiary alicyclic amines) is 1. The van der Waals surface area contributed by atoms with Crippen LogP contribution in [-0.4, -0.2) is 44.4 Å². The highest BCUT2D eigenvalue weighted by Gasteiger charge is 2.37. The highest BCUT2D eigenvalue weighted by molar-refractivity contribution is 5.93. The Kier molecular flexibility index (Phi) is 3.74. The number of hydrogen-bond acceptors (Lipinski definition) is 4.